The van der Waals surface area contributed by atoms with Crippen molar-refractivity contribution in [1.82, 2.24) is 9.80 Å². The molecule has 1 aliphatic carbocycles. The predicted octanol–water partition coefficient (Wildman–Crippen LogP) is 7.07. The molecule has 36 heavy (non-hydrogen) atoms. The molecule has 1 saturated carbocycles. The van der Waals surface area contributed by atoms with Crippen LogP contribution in [-0.2, 0) is 17.9 Å². The molecule has 1 N–H and O–H groups in total. The van der Waals surface area contributed by atoms with E-state index in [1.165, 1.54) is 16.9 Å². The first kappa shape index (κ1) is 26.0. The highest BCUT2D eigenvalue weighted by atomic mass is 32.1. The Hall–Kier alpha value is -3.12. The average Bonchev–Trinajstić information content (AvgIpc) is 3.29. The molecule has 2 aromatic carbocycles. The summed E-state index contributed by atoms with van der Waals surface area (Å²) < 4.78 is 0. The Morgan fingerprint density at radius 1 is 0.889 bits per heavy atom. The minimum absolute atomic E-state index is 0.0225. The normalized spacial score (nSPS) is 13.9. The maximum atomic E-state index is 13.8. The van der Waals surface area contributed by atoms with Crippen LogP contribution in [0.1, 0.15) is 58.5 Å². The van der Waals surface area contributed by atoms with E-state index in [0.717, 1.165) is 47.4 Å². The Labute approximate surface area is 219 Å². The summed E-state index contributed by atoms with van der Waals surface area (Å²) in [6, 6.07) is 20.1. The van der Waals surface area contributed by atoms with Gasteiger partial charge in [-0.05, 0) is 74.6 Å². The number of carbonyl (C=O) groups excluding carboxylic acids is 2. The van der Waals surface area contributed by atoms with Crippen LogP contribution in [0.2, 0.25) is 0 Å². The maximum Gasteiger partial charge on any atom is 0.322 e. The first-order valence-electron chi connectivity index (χ1n) is 12.9. The van der Waals surface area contributed by atoms with E-state index in [9.17, 15) is 9.59 Å². The zero-order valence-corrected chi connectivity index (χ0v) is 22.4. The van der Waals surface area contributed by atoms with Gasteiger partial charge in [-0.3, -0.25) is 4.79 Å². The van der Waals surface area contributed by atoms with Gasteiger partial charge in [0.15, 0.2) is 0 Å². The number of hydrogen-bond donors (Lipinski definition) is 1. The summed E-state index contributed by atoms with van der Waals surface area (Å²) in [6.07, 6.45) is 5.25. The minimum atomic E-state index is -0.190. The highest BCUT2D eigenvalue weighted by molar-refractivity contribution is 7.11. The second kappa shape index (κ2) is 12.2. The second-order valence-electron chi connectivity index (χ2n) is 9.90. The summed E-state index contributed by atoms with van der Waals surface area (Å²) in [5, 5.41) is 3.07. The van der Waals surface area contributed by atoms with Crippen LogP contribution in [0.15, 0.2) is 60.7 Å². The number of benzene rings is 2. The van der Waals surface area contributed by atoms with Crippen LogP contribution in [0, 0.1) is 20.8 Å². The molecule has 190 valence electrons. The fraction of sp³-hybridized carbons (Fsp3) is 0.400. The van der Waals surface area contributed by atoms with E-state index >= 15 is 0 Å². The number of amides is 3. The number of rotatable bonds is 8. The van der Waals surface area contributed by atoms with E-state index in [4.69, 9.17) is 0 Å². The van der Waals surface area contributed by atoms with E-state index in [-0.39, 0.29) is 24.5 Å². The van der Waals surface area contributed by atoms with E-state index in [1.807, 2.05) is 60.4 Å². The van der Waals surface area contributed by atoms with Crippen LogP contribution in [0.5, 0.6) is 0 Å². The summed E-state index contributed by atoms with van der Waals surface area (Å²) in [6.45, 7) is 7.33. The third-order valence-electron chi connectivity index (χ3n) is 7.05. The van der Waals surface area contributed by atoms with E-state index in [0.29, 0.717) is 13.1 Å². The Balaban J connectivity index is 1.54. The SMILES string of the molecule is Cc1ccc(CN(Cc2ccccc2)C(=O)CN(C(=O)Nc2ccc(C)c(C)c2)C2CCCCC2)s1. The summed E-state index contributed by atoms with van der Waals surface area (Å²) in [7, 11) is 0. The predicted molar refractivity (Wildman–Crippen MR) is 148 cm³/mol. The van der Waals surface area contributed by atoms with Crippen LogP contribution in [0.25, 0.3) is 0 Å². The number of nitrogens with one attached hydrogen (secondary N) is 1. The molecule has 0 spiro atoms. The Bertz CT molecular complexity index is 1170. The smallest absolute Gasteiger partial charge is 0.322 e. The summed E-state index contributed by atoms with van der Waals surface area (Å²) >= 11 is 1.71. The number of nitrogens with zero attached hydrogens (tertiary/aromatic N) is 2. The molecule has 0 aliphatic heterocycles. The lowest BCUT2D eigenvalue weighted by Crippen LogP contribution is -2.49. The molecule has 3 amide bonds. The van der Waals surface area contributed by atoms with Gasteiger partial charge in [-0.2, -0.15) is 0 Å². The second-order valence-corrected chi connectivity index (χ2v) is 11.3. The van der Waals surface area contributed by atoms with Crippen LogP contribution < -0.4 is 5.32 Å². The van der Waals surface area contributed by atoms with Gasteiger partial charge in [0.05, 0.1) is 6.54 Å². The molecule has 0 radical (unpaired) electrons. The van der Waals surface area contributed by atoms with Crippen molar-refractivity contribution in [1.29, 1.82) is 0 Å². The first-order chi connectivity index (χ1) is 17.4. The lowest BCUT2D eigenvalue weighted by molar-refractivity contribution is -0.133. The number of aryl methyl sites for hydroxylation is 3. The Kier molecular flexibility index (Phi) is 8.81. The van der Waals surface area contributed by atoms with Crippen LogP contribution in [-0.4, -0.2) is 34.3 Å². The monoisotopic (exact) mass is 503 g/mol. The van der Waals surface area contributed by atoms with Crippen molar-refractivity contribution in [2.75, 3.05) is 11.9 Å². The van der Waals surface area contributed by atoms with Crippen molar-refractivity contribution in [3.05, 3.63) is 87.1 Å². The fourth-order valence-electron chi connectivity index (χ4n) is 4.81. The molecule has 0 bridgehead atoms. The van der Waals surface area contributed by atoms with Gasteiger partial charge in [-0.1, -0.05) is 55.7 Å². The largest absolute Gasteiger partial charge is 0.332 e. The van der Waals surface area contributed by atoms with Crippen molar-refractivity contribution >= 4 is 29.0 Å². The van der Waals surface area contributed by atoms with Crippen molar-refractivity contribution in [3.8, 4) is 0 Å². The van der Waals surface area contributed by atoms with E-state index in [2.05, 4.69) is 31.3 Å². The molecular formula is C30H37N3O2S. The van der Waals surface area contributed by atoms with Crippen LogP contribution in [0.3, 0.4) is 0 Å². The molecule has 5 nitrogen and oxygen atoms in total. The summed E-state index contributed by atoms with van der Waals surface area (Å²) in [5.41, 5.74) is 4.18. The third-order valence-corrected chi connectivity index (χ3v) is 8.04. The Morgan fingerprint density at radius 2 is 1.64 bits per heavy atom. The molecule has 0 unspecified atom stereocenters. The maximum absolute atomic E-state index is 13.8. The molecule has 1 aliphatic rings. The summed E-state index contributed by atoms with van der Waals surface area (Å²) in [5.74, 6) is -0.0225. The molecule has 6 heteroatoms. The van der Waals surface area contributed by atoms with Gasteiger partial charge in [0.25, 0.3) is 0 Å². The van der Waals surface area contributed by atoms with Gasteiger partial charge in [-0.15, -0.1) is 11.3 Å². The number of urea groups is 1. The summed E-state index contributed by atoms with van der Waals surface area (Å²) in [4.78, 5) is 33.4. The highest BCUT2D eigenvalue weighted by Gasteiger charge is 2.29. The molecule has 0 saturated heterocycles. The third kappa shape index (κ3) is 6.97. The number of anilines is 1. The van der Waals surface area contributed by atoms with Crippen molar-refractivity contribution in [2.24, 2.45) is 0 Å². The molecular weight excluding hydrogens is 466 g/mol. The lowest BCUT2D eigenvalue weighted by atomic mass is 9.94. The van der Waals surface area contributed by atoms with Gasteiger partial charge in [-0.25, -0.2) is 4.79 Å². The van der Waals surface area contributed by atoms with Crippen LogP contribution >= 0.6 is 11.3 Å². The zero-order chi connectivity index (χ0) is 25.5. The molecule has 1 heterocycles. The molecule has 4 rings (SSSR count). The topological polar surface area (TPSA) is 52.7 Å². The number of thiophene rings is 1. The molecule has 1 fully saturated rings. The fourth-order valence-corrected chi connectivity index (χ4v) is 5.72. The zero-order valence-electron chi connectivity index (χ0n) is 21.6. The van der Waals surface area contributed by atoms with Crippen molar-refractivity contribution < 1.29 is 9.59 Å². The first-order valence-corrected chi connectivity index (χ1v) is 13.7. The lowest BCUT2D eigenvalue weighted by Gasteiger charge is -2.35. The van der Waals surface area contributed by atoms with Gasteiger partial charge < -0.3 is 15.1 Å². The van der Waals surface area contributed by atoms with Crippen molar-refractivity contribution in [2.45, 2.75) is 72.0 Å². The average molecular weight is 504 g/mol. The molecule has 0 atom stereocenters. The molecule has 1 aromatic heterocycles. The quantitative estimate of drug-likeness (QED) is 0.357. The van der Waals surface area contributed by atoms with Gasteiger partial charge in [0, 0.05) is 28.0 Å². The standard InChI is InChI=1S/C30H37N3O2S/c1-22-14-16-26(18-23(22)2)31-30(35)33(27-12-8-5-9-13-27)21-29(34)32(19-25-10-6-4-7-11-25)20-28-17-15-24(3)36-28/h4,6-7,10-11,14-18,27H,5,8-9,12-13,19-21H2,1-3H3,(H,31,35). The van der Waals surface area contributed by atoms with Gasteiger partial charge in [0.2, 0.25) is 5.91 Å². The van der Waals surface area contributed by atoms with Crippen molar-refractivity contribution in [3.63, 3.8) is 0 Å². The van der Waals surface area contributed by atoms with E-state index < -0.39 is 0 Å². The minimum Gasteiger partial charge on any atom is -0.332 e. The Morgan fingerprint density at radius 3 is 2.31 bits per heavy atom. The highest BCUT2D eigenvalue weighted by Crippen LogP contribution is 2.25. The number of hydrogen-bond acceptors (Lipinski definition) is 3. The number of carbonyl (C=O) groups is 2. The van der Waals surface area contributed by atoms with E-state index in [1.54, 1.807) is 16.2 Å². The van der Waals surface area contributed by atoms with Crippen LogP contribution in [0.4, 0.5) is 10.5 Å². The van der Waals surface area contributed by atoms with Gasteiger partial charge in [0.1, 0.15) is 6.54 Å². The van der Waals surface area contributed by atoms with Gasteiger partial charge >= 0.3 is 6.03 Å². The molecule has 3 aromatic rings.